The predicted molar refractivity (Wildman–Crippen MR) is 41.7 cm³/mol. The van der Waals surface area contributed by atoms with E-state index in [0.717, 1.165) is 0 Å². The molecule has 0 aromatic heterocycles. The molecule has 1 atom stereocenters. The van der Waals surface area contributed by atoms with Gasteiger partial charge in [0.15, 0.2) is 0 Å². The van der Waals surface area contributed by atoms with Crippen molar-refractivity contribution in [3.05, 3.63) is 0 Å². The SMILES string of the molecule is CCNC(=O)[C@@H](CC)C(N)=O. The molecule has 0 aliphatic carbocycles. The van der Waals surface area contributed by atoms with Gasteiger partial charge in [-0.25, -0.2) is 0 Å². The van der Waals surface area contributed by atoms with Crippen molar-refractivity contribution in [3.8, 4) is 0 Å². The highest BCUT2D eigenvalue weighted by molar-refractivity contribution is 5.99. The Morgan fingerprint density at radius 1 is 1.45 bits per heavy atom. The molecule has 11 heavy (non-hydrogen) atoms. The molecule has 0 aliphatic heterocycles. The van der Waals surface area contributed by atoms with E-state index < -0.39 is 11.8 Å². The molecule has 0 aromatic rings. The van der Waals surface area contributed by atoms with Gasteiger partial charge in [-0.1, -0.05) is 6.92 Å². The number of hydrogen-bond donors (Lipinski definition) is 2. The van der Waals surface area contributed by atoms with Crippen molar-refractivity contribution in [2.24, 2.45) is 11.7 Å². The van der Waals surface area contributed by atoms with Crippen molar-refractivity contribution in [1.82, 2.24) is 5.32 Å². The van der Waals surface area contributed by atoms with Gasteiger partial charge in [-0.2, -0.15) is 0 Å². The molecular weight excluding hydrogens is 144 g/mol. The zero-order valence-electron chi connectivity index (χ0n) is 6.89. The van der Waals surface area contributed by atoms with Crippen LogP contribution in [0.5, 0.6) is 0 Å². The van der Waals surface area contributed by atoms with Gasteiger partial charge in [-0.15, -0.1) is 0 Å². The van der Waals surface area contributed by atoms with Crippen LogP contribution < -0.4 is 11.1 Å². The summed E-state index contributed by atoms with van der Waals surface area (Å²) in [4.78, 5) is 21.6. The molecule has 0 rings (SSSR count). The molecular formula is C7H14N2O2. The molecule has 4 heteroatoms. The fraction of sp³-hybridized carbons (Fsp3) is 0.714. The number of hydrogen-bond acceptors (Lipinski definition) is 2. The highest BCUT2D eigenvalue weighted by atomic mass is 16.2. The normalized spacial score (nSPS) is 12.2. The van der Waals surface area contributed by atoms with Crippen LogP contribution in [0.1, 0.15) is 20.3 Å². The van der Waals surface area contributed by atoms with Crippen molar-refractivity contribution >= 4 is 11.8 Å². The van der Waals surface area contributed by atoms with E-state index in [9.17, 15) is 9.59 Å². The van der Waals surface area contributed by atoms with Crippen LogP contribution in [0.15, 0.2) is 0 Å². The molecule has 4 nitrogen and oxygen atoms in total. The number of rotatable bonds is 4. The zero-order valence-corrected chi connectivity index (χ0v) is 6.89. The summed E-state index contributed by atoms with van der Waals surface area (Å²) in [6.07, 6.45) is 0.459. The van der Waals surface area contributed by atoms with Gasteiger partial charge in [-0.05, 0) is 13.3 Å². The molecule has 0 saturated carbocycles. The van der Waals surface area contributed by atoms with Crippen LogP contribution in [-0.4, -0.2) is 18.4 Å². The first-order chi connectivity index (χ1) is 5.13. The Balaban J connectivity index is 4.03. The van der Waals surface area contributed by atoms with E-state index in [1.807, 2.05) is 0 Å². The molecule has 0 fully saturated rings. The smallest absolute Gasteiger partial charge is 0.232 e. The quantitative estimate of drug-likeness (QED) is 0.548. The van der Waals surface area contributed by atoms with Crippen LogP contribution in [0, 0.1) is 5.92 Å². The summed E-state index contributed by atoms with van der Waals surface area (Å²) >= 11 is 0. The molecule has 0 unspecified atom stereocenters. The van der Waals surface area contributed by atoms with Crippen LogP contribution >= 0.6 is 0 Å². The van der Waals surface area contributed by atoms with E-state index in [-0.39, 0.29) is 5.91 Å². The second kappa shape index (κ2) is 4.71. The lowest BCUT2D eigenvalue weighted by Gasteiger charge is -2.09. The van der Waals surface area contributed by atoms with Crippen molar-refractivity contribution in [1.29, 1.82) is 0 Å². The summed E-state index contributed by atoms with van der Waals surface area (Å²) in [5.74, 6) is -1.50. The van der Waals surface area contributed by atoms with Crippen LogP contribution in [0.2, 0.25) is 0 Å². The summed E-state index contributed by atoms with van der Waals surface area (Å²) in [6.45, 7) is 4.08. The first kappa shape index (κ1) is 9.94. The van der Waals surface area contributed by atoms with Gasteiger partial charge >= 0.3 is 0 Å². The molecule has 64 valence electrons. The van der Waals surface area contributed by atoms with Gasteiger partial charge in [0, 0.05) is 6.54 Å². The molecule has 0 bridgehead atoms. The third-order valence-corrected chi connectivity index (χ3v) is 1.42. The number of nitrogens with one attached hydrogen (secondary N) is 1. The average Bonchev–Trinajstić information content (AvgIpc) is 1.88. The molecule has 0 radical (unpaired) electrons. The predicted octanol–water partition coefficient (Wildman–Crippen LogP) is -0.366. The third kappa shape index (κ3) is 3.02. The van der Waals surface area contributed by atoms with Gasteiger partial charge in [0.25, 0.3) is 0 Å². The second-order valence-electron chi connectivity index (χ2n) is 2.26. The van der Waals surface area contributed by atoms with Gasteiger partial charge in [0.2, 0.25) is 11.8 Å². The maximum atomic E-state index is 11.0. The summed E-state index contributed by atoms with van der Waals surface area (Å²) in [5, 5.41) is 2.54. The third-order valence-electron chi connectivity index (χ3n) is 1.42. The molecule has 0 spiro atoms. The van der Waals surface area contributed by atoms with Gasteiger partial charge in [-0.3, -0.25) is 9.59 Å². The lowest BCUT2D eigenvalue weighted by Crippen LogP contribution is -2.38. The molecule has 0 aromatic carbocycles. The van der Waals surface area contributed by atoms with E-state index in [1.54, 1.807) is 13.8 Å². The minimum atomic E-state index is -0.671. The van der Waals surface area contributed by atoms with Crippen LogP contribution in [0.3, 0.4) is 0 Å². The number of carbonyl (C=O) groups excluding carboxylic acids is 2. The summed E-state index contributed by atoms with van der Waals surface area (Å²) in [5.41, 5.74) is 4.98. The molecule has 0 heterocycles. The van der Waals surface area contributed by atoms with Crippen molar-refractivity contribution in [2.75, 3.05) is 6.54 Å². The maximum Gasteiger partial charge on any atom is 0.232 e. The summed E-state index contributed by atoms with van der Waals surface area (Å²) < 4.78 is 0. The highest BCUT2D eigenvalue weighted by Gasteiger charge is 2.20. The Hall–Kier alpha value is -1.06. The summed E-state index contributed by atoms with van der Waals surface area (Å²) in [6, 6.07) is 0. The second-order valence-corrected chi connectivity index (χ2v) is 2.26. The molecule has 2 amide bonds. The van der Waals surface area contributed by atoms with E-state index >= 15 is 0 Å². The number of carbonyl (C=O) groups is 2. The number of primary amides is 1. The number of nitrogens with two attached hydrogens (primary N) is 1. The Labute approximate surface area is 66.1 Å². The first-order valence-electron chi connectivity index (χ1n) is 3.70. The number of amides is 2. The van der Waals surface area contributed by atoms with Gasteiger partial charge in [0.1, 0.15) is 5.92 Å². The Morgan fingerprint density at radius 2 is 2.00 bits per heavy atom. The average molecular weight is 158 g/mol. The van der Waals surface area contributed by atoms with E-state index in [0.29, 0.717) is 13.0 Å². The Kier molecular flexibility index (Phi) is 4.26. The van der Waals surface area contributed by atoms with E-state index in [2.05, 4.69) is 5.32 Å². The lowest BCUT2D eigenvalue weighted by atomic mass is 10.1. The van der Waals surface area contributed by atoms with Crippen LogP contribution in [-0.2, 0) is 9.59 Å². The summed E-state index contributed by atoms with van der Waals surface area (Å²) in [7, 11) is 0. The van der Waals surface area contributed by atoms with Crippen LogP contribution in [0.25, 0.3) is 0 Å². The monoisotopic (exact) mass is 158 g/mol. The minimum absolute atomic E-state index is 0.275. The fourth-order valence-corrected chi connectivity index (χ4v) is 0.813. The zero-order chi connectivity index (χ0) is 8.85. The highest BCUT2D eigenvalue weighted by Crippen LogP contribution is 2.00. The van der Waals surface area contributed by atoms with Crippen molar-refractivity contribution in [2.45, 2.75) is 20.3 Å². The minimum Gasteiger partial charge on any atom is -0.369 e. The first-order valence-corrected chi connectivity index (χ1v) is 3.70. The topological polar surface area (TPSA) is 72.2 Å². The maximum absolute atomic E-state index is 11.0. The lowest BCUT2D eigenvalue weighted by molar-refractivity contribution is -0.133. The van der Waals surface area contributed by atoms with E-state index in [1.165, 1.54) is 0 Å². The Morgan fingerprint density at radius 3 is 2.27 bits per heavy atom. The Bertz CT molecular complexity index is 157. The van der Waals surface area contributed by atoms with Crippen LogP contribution in [0.4, 0.5) is 0 Å². The van der Waals surface area contributed by atoms with Gasteiger partial charge in [0.05, 0.1) is 0 Å². The molecule has 0 aliphatic rings. The molecule has 0 saturated heterocycles. The van der Waals surface area contributed by atoms with Gasteiger partial charge < -0.3 is 11.1 Å². The molecule has 3 N–H and O–H groups in total. The van der Waals surface area contributed by atoms with Crippen molar-refractivity contribution < 1.29 is 9.59 Å². The fourth-order valence-electron chi connectivity index (χ4n) is 0.813. The standard InChI is InChI=1S/C7H14N2O2/c1-3-5(6(8)10)7(11)9-4-2/h5H,3-4H2,1-2H3,(H2,8,10)(H,9,11)/t5-/m0/s1. The van der Waals surface area contributed by atoms with E-state index in [4.69, 9.17) is 5.73 Å². The largest absolute Gasteiger partial charge is 0.369 e. The van der Waals surface area contributed by atoms with Crippen molar-refractivity contribution in [3.63, 3.8) is 0 Å².